The number of carbonyl (C=O) groups excluding carboxylic acids is 1. The summed E-state index contributed by atoms with van der Waals surface area (Å²) in [7, 11) is 1.40. The van der Waals surface area contributed by atoms with E-state index in [2.05, 4.69) is 4.98 Å². The summed E-state index contributed by atoms with van der Waals surface area (Å²) in [6.07, 6.45) is 0. The van der Waals surface area contributed by atoms with Gasteiger partial charge in [0.1, 0.15) is 17.3 Å². The summed E-state index contributed by atoms with van der Waals surface area (Å²) < 4.78 is 27.6. The van der Waals surface area contributed by atoms with Gasteiger partial charge in [0.15, 0.2) is 16.6 Å². The SMILES string of the molecule is COc1ccc(-c2c(C(=O)c3ccc(C)o3)c(O)c(O)n2-c2nc3ccc(Cl)cc3s2)c(F)c1. The lowest BCUT2D eigenvalue weighted by atomic mass is 10.0. The molecule has 0 saturated carbocycles. The van der Waals surface area contributed by atoms with Gasteiger partial charge in [0.05, 0.1) is 28.6 Å². The molecule has 3 aromatic heterocycles. The van der Waals surface area contributed by atoms with Gasteiger partial charge in [-0.2, -0.15) is 0 Å². The lowest BCUT2D eigenvalue weighted by Crippen LogP contribution is -2.05. The molecule has 0 radical (unpaired) electrons. The second kappa shape index (κ2) is 8.19. The molecule has 0 aliphatic rings. The Labute approximate surface area is 201 Å². The maximum absolute atomic E-state index is 15.2. The number of furan rings is 1. The zero-order valence-electron chi connectivity index (χ0n) is 17.8. The maximum Gasteiger partial charge on any atom is 0.242 e. The third-order valence-corrected chi connectivity index (χ3v) is 6.51. The first kappa shape index (κ1) is 22.0. The van der Waals surface area contributed by atoms with E-state index in [1.165, 1.54) is 25.3 Å². The first-order chi connectivity index (χ1) is 16.3. The molecule has 10 heteroatoms. The Hall–Kier alpha value is -3.82. The van der Waals surface area contributed by atoms with Crippen molar-refractivity contribution in [3.8, 4) is 33.8 Å². The Morgan fingerprint density at radius 1 is 1.18 bits per heavy atom. The van der Waals surface area contributed by atoms with Crippen molar-refractivity contribution in [3.05, 3.63) is 76.5 Å². The molecule has 2 aromatic carbocycles. The molecule has 0 aliphatic heterocycles. The van der Waals surface area contributed by atoms with E-state index in [9.17, 15) is 15.0 Å². The number of thiazole rings is 1. The number of ketones is 1. The Morgan fingerprint density at radius 3 is 2.65 bits per heavy atom. The molecule has 3 heterocycles. The smallest absolute Gasteiger partial charge is 0.242 e. The van der Waals surface area contributed by atoms with Gasteiger partial charge in [0.2, 0.25) is 11.7 Å². The third kappa shape index (κ3) is 3.49. The minimum Gasteiger partial charge on any atom is -0.503 e. The number of benzene rings is 2. The van der Waals surface area contributed by atoms with Gasteiger partial charge in [-0.05, 0) is 49.4 Å². The second-order valence-electron chi connectivity index (χ2n) is 7.42. The van der Waals surface area contributed by atoms with Crippen LogP contribution < -0.4 is 4.74 Å². The molecule has 0 spiro atoms. The molecule has 5 aromatic rings. The number of fused-ring (bicyclic) bond motifs is 1. The second-order valence-corrected chi connectivity index (χ2v) is 8.87. The maximum atomic E-state index is 15.2. The van der Waals surface area contributed by atoms with Crippen molar-refractivity contribution in [2.75, 3.05) is 7.11 Å². The average molecular weight is 499 g/mol. The number of aromatic nitrogens is 2. The van der Waals surface area contributed by atoms with Crippen LogP contribution in [0.5, 0.6) is 17.4 Å². The van der Waals surface area contributed by atoms with Crippen LogP contribution in [0, 0.1) is 12.7 Å². The van der Waals surface area contributed by atoms with Crippen molar-refractivity contribution >= 4 is 38.9 Å². The van der Waals surface area contributed by atoms with Crippen LogP contribution in [0.1, 0.15) is 21.9 Å². The van der Waals surface area contributed by atoms with E-state index in [0.29, 0.717) is 21.0 Å². The molecule has 0 atom stereocenters. The number of aromatic hydroxyl groups is 2. The summed E-state index contributed by atoms with van der Waals surface area (Å²) in [4.78, 5) is 17.9. The van der Waals surface area contributed by atoms with Gasteiger partial charge in [0.25, 0.3) is 0 Å². The Balaban J connectivity index is 1.83. The Kier molecular flexibility index (Phi) is 5.30. The summed E-state index contributed by atoms with van der Waals surface area (Å²) in [5, 5.41) is 22.4. The minimum absolute atomic E-state index is 0.0553. The fourth-order valence-electron chi connectivity index (χ4n) is 3.68. The summed E-state index contributed by atoms with van der Waals surface area (Å²) in [6.45, 7) is 1.66. The van der Waals surface area contributed by atoms with Crippen LogP contribution in [-0.2, 0) is 0 Å². The standard InChI is InChI=1S/C24H16ClFN2O5S/c1-11-3-8-17(33-11)21(29)19-20(14-6-5-13(32-2)10-15(14)26)28(23(31)22(19)30)24-27-16-7-4-12(25)9-18(16)34-24/h3-10,30-31H,1-2H3. The highest BCUT2D eigenvalue weighted by Gasteiger charge is 2.33. The summed E-state index contributed by atoms with van der Waals surface area (Å²) in [5.41, 5.74) is 0.112. The van der Waals surface area contributed by atoms with E-state index in [-0.39, 0.29) is 33.5 Å². The number of aryl methyl sites for hydroxylation is 1. The predicted octanol–water partition coefficient (Wildman–Crippen LogP) is 6.10. The highest BCUT2D eigenvalue weighted by Crippen LogP contribution is 2.46. The third-order valence-electron chi connectivity index (χ3n) is 5.27. The topological polar surface area (TPSA) is 97.7 Å². The molecule has 0 aliphatic carbocycles. The monoisotopic (exact) mass is 498 g/mol. The van der Waals surface area contributed by atoms with Crippen LogP contribution in [0.3, 0.4) is 0 Å². The molecule has 0 bridgehead atoms. The van der Waals surface area contributed by atoms with Crippen molar-refractivity contribution in [1.29, 1.82) is 0 Å². The molecular formula is C24H16ClFN2O5S. The number of hydrogen-bond donors (Lipinski definition) is 2. The summed E-state index contributed by atoms with van der Waals surface area (Å²) >= 11 is 7.24. The molecule has 172 valence electrons. The van der Waals surface area contributed by atoms with Crippen LogP contribution in [0.15, 0.2) is 52.9 Å². The number of halogens is 2. The van der Waals surface area contributed by atoms with E-state index in [4.69, 9.17) is 20.8 Å². The first-order valence-electron chi connectivity index (χ1n) is 9.96. The largest absolute Gasteiger partial charge is 0.503 e. The number of nitrogens with zero attached hydrogens (tertiary/aromatic N) is 2. The zero-order chi connectivity index (χ0) is 24.1. The van der Waals surface area contributed by atoms with Crippen molar-refractivity contribution < 1.29 is 28.6 Å². The lowest BCUT2D eigenvalue weighted by molar-refractivity contribution is 0.101. The molecule has 5 rings (SSSR count). The molecule has 0 saturated heterocycles. The van der Waals surface area contributed by atoms with Crippen LogP contribution in [0.4, 0.5) is 4.39 Å². The fourth-order valence-corrected chi connectivity index (χ4v) is 4.93. The van der Waals surface area contributed by atoms with Crippen LogP contribution in [0.2, 0.25) is 5.02 Å². The minimum atomic E-state index is -0.730. The van der Waals surface area contributed by atoms with E-state index in [1.807, 2.05) is 0 Å². The Bertz CT molecular complexity index is 1590. The van der Waals surface area contributed by atoms with Gasteiger partial charge in [-0.1, -0.05) is 22.9 Å². The van der Waals surface area contributed by atoms with Gasteiger partial charge in [0, 0.05) is 16.7 Å². The van der Waals surface area contributed by atoms with Crippen molar-refractivity contribution in [2.24, 2.45) is 0 Å². The zero-order valence-corrected chi connectivity index (χ0v) is 19.4. The van der Waals surface area contributed by atoms with Crippen LogP contribution in [0.25, 0.3) is 26.6 Å². The summed E-state index contributed by atoms with van der Waals surface area (Å²) in [6, 6.07) is 12.1. The van der Waals surface area contributed by atoms with Crippen LogP contribution >= 0.6 is 22.9 Å². The quantitative estimate of drug-likeness (QED) is 0.284. The summed E-state index contributed by atoms with van der Waals surface area (Å²) in [5.74, 6) is -2.18. The van der Waals surface area contributed by atoms with E-state index in [0.717, 1.165) is 22.0 Å². The van der Waals surface area contributed by atoms with E-state index < -0.39 is 23.2 Å². The van der Waals surface area contributed by atoms with E-state index >= 15 is 4.39 Å². The number of carbonyl (C=O) groups is 1. The van der Waals surface area contributed by atoms with Gasteiger partial charge < -0.3 is 19.4 Å². The molecular weight excluding hydrogens is 483 g/mol. The molecule has 0 unspecified atom stereocenters. The van der Waals surface area contributed by atoms with Gasteiger partial charge in [-0.3, -0.25) is 9.36 Å². The highest BCUT2D eigenvalue weighted by atomic mass is 35.5. The molecule has 2 N–H and O–H groups in total. The van der Waals surface area contributed by atoms with Crippen molar-refractivity contribution in [3.63, 3.8) is 0 Å². The molecule has 0 amide bonds. The lowest BCUT2D eigenvalue weighted by Gasteiger charge is -2.11. The highest BCUT2D eigenvalue weighted by molar-refractivity contribution is 7.20. The number of methoxy groups -OCH3 is 1. The first-order valence-corrected chi connectivity index (χ1v) is 11.2. The molecule has 7 nitrogen and oxygen atoms in total. The number of hydrogen-bond acceptors (Lipinski definition) is 7. The number of ether oxygens (including phenoxy) is 1. The number of rotatable bonds is 5. The predicted molar refractivity (Wildman–Crippen MR) is 126 cm³/mol. The van der Waals surface area contributed by atoms with E-state index in [1.54, 1.807) is 31.2 Å². The molecule has 0 fully saturated rings. The van der Waals surface area contributed by atoms with Gasteiger partial charge >= 0.3 is 0 Å². The van der Waals surface area contributed by atoms with Crippen molar-refractivity contribution in [1.82, 2.24) is 9.55 Å². The molecule has 34 heavy (non-hydrogen) atoms. The van der Waals surface area contributed by atoms with Crippen LogP contribution in [-0.4, -0.2) is 32.7 Å². The van der Waals surface area contributed by atoms with Crippen molar-refractivity contribution in [2.45, 2.75) is 6.92 Å². The normalized spacial score (nSPS) is 11.3. The van der Waals surface area contributed by atoms with Gasteiger partial charge in [-0.15, -0.1) is 0 Å². The van der Waals surface area contributed by atoms with Gasteiger partial charge in [-0.25, -0.2) is 9.37 Å². The average Bonchev–Trinajstić information content (AvgIpc) is 3.49. The Morgan fingerprint density at radius 2 is 1.97 bits per heavy atom. The fraction of sp³-hybridized carbons (Fsp3) is 0.0833.